The summed E-state index contributed by atoms with van der Waals surface area (Å²) < 4.78 is 0. The second-order valence-corrected chi connectivity index (χ2v) is 1.96. The Balaban J connectivity index is 0. The van der Waals surface area contributed by atoms with Gasteiger partial charge < -0.3 is 0 Å². The van der Waals surface area contributed by atoms with E-state index >= 15 is 0 Å². The van der Waals surface area contributed by atoms with Crippen LogP contribution < -0.4 is 0 Å². The van der Waals surface area contributed by atoms with Crippen molar-refractivity contribution in [2.75, 3.05) is 0 Å². The number of carbonyl (C=O) groups excluding carboxylic acids is 2. The summed E-state index contributed by atoms with van der Waals surface area (Å²) in [6.07, 6.45) is 1.09. The predicted octanol–water partition coefficient (Wildman–Crippen LogP) is 1.33. The molecule has 0 radical (unpaired) electrons. The zero-order valence-corrected chi connectivity index (χ0v) is 7.40. The largest absolute Gasteiger partial charge is 0.299 e. The Hall–Kier alpha value is -0.141. The fourth-order valence-electron chi connectivity index (χ4n) is 0.470. The summed E-state index contributed by atoms with van der Waals surface area (Å²) in [6.45, 7) is 3.54. The van der Waals surface area contributed by atoms with Crippen LogP contribution in [0.4, 0.5) is 0 Å². The van der Waals surface area contributed by atoms with E-state index in [1.54, 1.807) is 13.8 Å². The molecule has 0 heterocycles. The molecule has 2 nitrogen and oxygen atoms in total. The number of Topliss-reactive ketones (excluding diaryl/α,β-unsaturated/α-hetero) is 2. The van der Waals surface area contributed by atoms with E-state index in [2.05, 4.69) is 0 Å². The van der Waals surface area contributed by atoms with Gasteiger partial charge in [0, 0.05) is 29.9 Å². The maximum absolute atomic E-state index is 10.6. The normalized spacial score (nSPS) is 8.20. The predicted molar refractivity (Wildman–Crippen MR) is 35.2 cm³/mol. The molecule has 0 aliphatic carbocycles. The van der Waals surface area contributed by atoms with Gasteiger partial charge in [0.2, 0.25) is 0 Å². The Morgan fingerprint density at radius 3 is 1.50 bits per heavy atom. The minimum atomic E-state index is 0. The van der Waals surface area contributed by atoms with Gasteiger partial charge in [0.05, 0.1) is 6.42 Å². The summed E-state index contributed by atoms with van der Waals surface area (Å²) in [5.41, 5.74) is 0. The van der Waals surface area contributed by atoms with E-state index in [0.29, 0.717) is 12.8 Å². The first-order chi connectivity index (χ1) is 4.20. The maximum Gasteiger partial charge on any atom is 0.139 e. The molecule has 0 aliphatic rings. The van der Waals surface area contributed by atoms with Gasteiger partial charge in [-0.05, 0) is 0 Å². The molecule has 0 aromatic heterocycles. The number of hydrogen-bond donors (Lipinski definition) is 0. The van der Waals surface area contributed by atoms with Crippen molar-refractivity contribution in [2.24, 2.45) is 0 Å². The molecule has 0 spiro atoms. The van der Waals surface area contributed by atoms with Gasteiger partial charge in [0.1, 0.15) is 11.6 Å². The third kappa shape index (κ3) is 5.99. The van der Waals surface area contributed by atoms with Gasteiger partial charge in [0.25, 0.3) is 0 Å². The molecule has 0 unspecified atom stereocenters. The van der Waals surface area contributed by atoms with Gasteiger partial charge in [0.15, 0.2) is 0 Å². The van der Waals surface area contributed by atoms with Crippen LogP contribution in [0.25, 0.3) is 0 Å². The first kappa shape index (κ1) is 12.5. The fourth-order valence-corrected chi connectivity index (χ4v) is 0.470. The molecule has 0 saturated heterocycles. The number of ketones is 2. The van der Waals surface area contributed by atoms with Crippen molar-refractivity contribution in [3.8, 4) is 0 Å². The second kappa shape index (κ2) is 6.97. The molecular formula is C7H12FeO2. The van der Waals surface area contributed by atoms with E-state index < -0.39 is 0 Å². The Morgan fingerprint density at radius 2 is 1.30 bits per heavy atom. The van der Waals surface area contributed by atoms with Crippen molar-refractivity contribution >= 4 is 11.6 Å². The SMILES string of the molecule is CCC(=O)CC(=O)CC.[Fe]. The minimum Gasteiger partial charge on any atom is -0.299 e. The van der Waals surface area contributed by atoms with E-state index in [1.165, 1.54) is 0 Å². The molecule has 0 aromatic rings. The molecule has 0 aromatic carbocycles. The molecule has 60 valence electrons. The van der Waals surface area contributed by atoms with Crippen LogP contribution in [-0.4, -0.2) is 11.6 Å². The Bertz CT molecular complexity index is 107. The van der Waals surface area contributed by atoms with Crippen molar-refractivity contribution in [3.63, 3.8) is 0 Å². The van der Waals surface area contributed by atoms with Crippen molar-refractivity contribution in [1.82, 2.24) is 0 Å². The van der Waals surface area contributed by atoms with Crippen LogP contribution in [0.15, 0.2) is 0 Å². The zero-order chi connectivity index (χ0) is 7.28. The summed E-state index contributed by atoms with van der Waals surface area (Å²) in [4.78, 5) is 21.1. The molecule has 0 N–H and O–H groups in total. The summed E-state index contributed by atoms with van der Waals surface area (Å²) in [6, 6.07) is 0. The smallest absolute Gasteiger partial charge is 0.139 e. The van der Waals surface area contributed by atoms with Crippen LogP contribution in [0.2, 0.25) is 0 Å². The third-order valence-corrected chi connectivity index (χ3v) is 1.18. The zero-order valence-electron chi connectivity index (χ0n) is 6.29. The Kier molecular flexibility index (Phi) is 8.73. The summed E-state index contributed by atoms with van der Waals surface area (Å²) in [5, 5.41) is 0. The molecule has 3 heteroatoms. The molecule has 0 amide bonds. The Labute approximate surface area is 71.8 Å². The average molecular weight is 184 g/mol. The van der Waals surface area contributed by atoms with Gasteiger partial charge in [-0.1, -0.05) is 13.8 Å². The van der Waals surface area contributed by atoms with Crippen LogP contribution in [0, 0.1) is 0 Å². The first-order valence-electron chi connectivity index (χ1n) is 3.24. The van der Waals surface area contributed by atoms with Crippen LogP contribution in [-0.2, 0) is 26.7 Å². The van der Waals surface area contributed by atoms with Crippen molar-refractivity contribution in [1.29, 1.82) is 0 Å². The summed E-state index contributed by atoms with van der Waals surface area (Å²) >= 11 is 0. The van der Waals surface area contributed by atoms with Crippen LogP contribution in [0.1, 0.15) is 33.1 Å². The molecule has 10 heavy (non-hydrogen) atoms. The van der Waals surface area contributed by atoms with E-state index in [9.17, 15) is 9.59 Å². The average Bonchev–Trinajstić information content (AvgIpc) is 1.87. The monoisotopic (exact) mass is 184 g/mol. The Morgan fingerprint density at radius 1 is 1.00 bits per heavy atom. The van der Waals surface area contributed by atoms with Crippen LogP contribution >= 0.6 is 0 Å². The van der Waals surface area contributed by atoms with E-state index in [0.717, 1.165) is 0 Å². The van der Waals surface area contributed by atoms with Crippen molar-refractivity contribution < 1.29 is 26.7 Å². The number of carbonyl (C=O) groups is 2. The van der Waals surface area contributed by atoms with Gasteiger partial charge in [-0.2, -0.15) is 0 Å². The van der Waals surface area contributed by atoms with Crippen LogP contribution in [0.5, 0.6) is 0 Å². The van der Waals surface area contributed by atoms with Crippen LogP contribution in [0.3, 0.4) is 0 Å². The molecule has 0 aliphatic heterocycles. The quantitative estimate of drug-likeness (QED) is 0.487. The standard InChI is InChI=1S/C7H12O2.Fe/c1-3-6(8)5-7(9)4-2;/h3-5H2,1-2H3;. The first-order valence-corrected chi connectivity index (χ1v) is 3.24. The summed E-state index contributed by atoms with van der Waals surface area (Å²) in [7, 11) is 0. The molecule has 0 atom stereocenters. The van der Waals surface area contributed by atoms with Crippen molar-refractivity contribution in [2.45, 2.75) is 33.1 Å². The molecule has 0 bridgehead atoms. The van der Waals surface area contributed by atoms with Crippen molar-refractivity contribution in [3.05, 3.63) is 0 Å². The number of rotatable bonds is 4. The topological polar surface area (TPSA) is 34.1 Å². The molecule has 0 rings (SSSR count). The minimum absolute atomic E-state index is 0. The molecule has 0 fully saturated rings. The van der Waals surface area contributed by atoms with E-state index in [1.807, 2.05) is 0 Å². The fraction of sp³-hybridized carbons (Fsp3) is 0.714. The molecule has 0 saturated carbocycles. The van der Waals surface area contributed by atoms with Gasteiger partial charge in [-0.3, -0.25) is 9.59 Å². The summed E-state index contributed by atoms with van der Waals surface area (Å²) in [5.74, 6) is 0.0868. The number of hydrogen-bond acceptors (Lipinski definition) is 2. The second-order valence-electron chi connectivity index (χ2n) is 1.96. The van der Waals surface area contributed by atoms with E-state index in [4.69, 9.17) is 0 Å². The van der Waals surface area contributed by atoms with Gasteiger partial charge in [-0.25, -0.2) is 0 Å². The van der Waals surface area contributed by atoms with Gasteiger partial charge in [-0.15, -0.1) is 0 Å². The molecular weight excluding hydrogens is 172 g/mol. The van der Waals surface area contributed by atoms with Gasteiger partial charge >= 0.3 is 0 Å². The maximum atomic E-state index is 10.6. The van der Waals surface area contributed by atoms with E-state index in [-0.39, 0.29) is 35.1 Å². The third-order valence-electron chi connectivity index (χ3n) is 1.18.